The lowest BCUT2D eigenvalue weighted by Crippen LogP contribution is -2.13. The van der Waals surface area contributed by atoms with Gasteiger partial charge in [-0.2, -0.15) is 0 Å². The van der Waals surface area contributed by atoms with Crippen LogP contribution < -0.4 is 5.32 Å². The predicted molar refractivity (Wildman–Crippen MR) is 78.2 cm³/mol. The topological polar surface area (TPSA) is 29.1 Å². The van der Waals surface area contributed by atoms with Gasteiger partial charge >= 0.3 is 0 Å². The van der Waals surface area contributed by atoms with Crippen LogP contribution in [0.5, 0.6) is 0 Å². The molecular weight excluding hydrogens is 352 g/mol. The molecule has 0 unspecified atom stereocenters. The van der Waals surface area contributed by atoms with Crippen LogP contribution in [-0.4, -0.2) is 5.91 Å². The number of benzene rings is 2. The van der Waals surface area contributed by atoms with Crippen LogP contribution in [0.1, 0.15) is 15.9 Å². The summed E-state index contributed by atoms with van der Waals surface area (Å²) in [4.78, 5) is 12.1. The van der Waals surface area contributed by atoms with Gasteiger partial charge in [0.2, 0.25) is 0 Å². The van der Waals surface area contributed by atoms with E-state index in [4.69, 9.17) is 11.6 Å². The second-order valence-corrected chi connectivity index (χ2v) is 5.48. The number of hydrogen-bond donors (Lipinski definition) is 1. The third-order valence-corrected chi connectivity index (χ3v) is 3.47. The molecule has 0 saturated heterocycles. The third-order valence-electron chi connectivity index (χ3n) is 2.55. The summed E-state index contributed by atoms with van der Waals surface area (Å²) in [5.74, 6) is -1.55. The van der Waals surface area contributed by atoms with Crippen molar-refractivity contribution in [2.24, 2.45) is 0 Å². The highest BCUT2D eigenvalue weighted by Gasteiger charge is 2.14. The van der Waals surface area contributed by atoms with E-state index in [0.29, 0.717) is 10.0 Å². The summed E-state index contributed by atoms with van der Waals surface area (Å²) in [5.41, 5.74) is 1.02. The van der Waals surface area contributed by atoms with Crippen LogP contribution in [0, 0.1) is 18.6 Å². The summed E-state index contributed by atoms with van der Waals surface area (Å²) in [6, 6.07) is 6.24. The molecule has 6 heteroatoms. The van der Waals surface area contributed by atoms with Crippen molar-refractivity contribution in [2.75, 3.05) is 5.32 Å². The number of nitrogens with one attached hydrogen (secondary N) is 1. The van der Waals surface area contributed by atoms with Crippen LogP contribution in [0.25, 0.3) is 0 Å². The van der Waals surface area contributed by atoms with Gasteiger partial charge in [0.1, 0.15) is 11.6 Å². The zero-order valence-electron chi connectivity index (χ0n) is 10.3. The normalized spacial score (nSPS) is 10.4. The van der Waals surface area contributed by atoms with Gasteiger partial charge in [0.15, 0.2) is 0 Å². The molecule has 0 radical (unpaired) electrons. The maximum absolute atomic E-state index is 13.3. The van der Waals surface area contributed by atoms with Gasteiger partial charge in [-0.1, -0.05) is 11.6 Å². The summed E-state index contributed by atoms with van der Waals surface area (Å²) in [6.07, 6.45) is 0. The molecule has 0 aliphatic heterocycles. The first-order valence-electron chi connectivity index (χ1n) is 5.60. The lowest BCUT2D eigenvalue weighted by Gasteiger charge is -2.10. The smallest absolute Gasteiger partial charge is 0.255 e. The number of rotatable bonds is 2. The Morgan fingerprint density at radius 3 is 2.40 bits per heavy atom. The van der Waals surface area contributed by atoms with E-state index in [2.05, 4.69) is 21.2 Å². The summed E-state index contributed by atoms with van der Waals surface area (Å²) < 4.78 is 26.7. The van der Waals surface area contributed by atoms with Crippen molar-refractivity contribution in [3.8, 4) is 0 Å². The van der Waals surface area contributed by atoms with E-state index in [1.54, 1.807) is 13.0 Å². The standard InChI is InChI=1S/C14H9BrClF2NO/c1-7-2-8(4-9(17)3-7)14(20)19-13-11(15)5-10(18)6-12(13)16/h2-6H,1H3,(H,19,20). The predicted octanol–water partition coefficient (Wildman–Crippen LogP) is 4.94. The molecule has 0 aliphatic carbocycles. The molecule has 1 N–H and O–H groups in total. The number of amides is 1. The number of anilines is 1. The molecule has 2 nitrogen and oxygen atoms in total. The Hall–Kier alpha value is -1.46. The van der Waals surface area contributed by atoms with Crippen LogP contribution in [0.3, 0.4) is 0 Å². The van der Waals surface area contributed by atoms with E-state index >= 15 is 0 Å². The lowest BCUT2D eigenvalue weighted by molar-refractivity contribution is 0.102. The van der Waals surface area contributed by atoms with Gasteiger partial charge in [-0.05, 0) is 58.7 Å². The summed E-state index contributed by atoms with van der Waals surface area (Å²) in [7, 11) is 0. The minimum atomic E-state index is -0.526. The van der Waals surface area contributed by atoms with Crippen LogP contribution in [0.15, 0.2) is 34.8 Å². The molecule has 20 heavy (non-hydrogen) atoms. The second-order valence-electron chi connectivity index (χ2n) is 4.22. The van der Waals surface area contributed by atoms with Crippen molar-refractivity contribution < 1.29 is 13.6 Å². The monoisotopic (exact) mass is 359 g/mol. The summed E-state index contributed by atoms with van der Waals surface area (Å²) >= 11 is 8.98. The molecule has 0 fully saturated rings. The molecule has 0 spiro atoms. The fourth-order valence-electron chi connectivity index (χ4n) is 1.71. The van der Waals surface area contributed by atoms with E-state index in [1.165, 1.54) is 12.1 Å². The van der Waals surface area contributed by atoms with E-state index in [1.807, 2.05) is 0 Å². The van der Waals surface area contributed by atoms with Crippen molar-refractivity contribution in [1.82, 2.24) is 0 Å². The minimum Gasteiger partial charge on any atom is -0.320 e. The van der Waals surface area contributed by atoms with E-state index < -0.39 is 17.5 Å². The lowest BCUT2D eigenvalue weighted by atomic mass is 10.1. The van der Waals surface area contributed by atoms with Crippen molar-refractivity contribution in [3.63, 3.8) is 0 Å². The molecule has 0 heterocycles. The molecule has 0 aliphatic rings. The van der Waals surface area contributed by atoms with Gasteiger partial charge < -0.3 is 5.32 Å². The Morgan fingerprint density at radius 2 is 1.80 bits per heavy atom. The van der Waals surface area contributed by atoms with E-state index in [0.717, 1.165) is 12.1 Å². The third kappa shape index (κ3) is 3.35. The molecule has 0 aromatic heterocycles. The van der Waals surface area contributed by atoms with Crippen LogP contribution in [0.2, 0.25) is 5.02 Å². The zero-order valence-corrected chi connectivity index (χ0v) is 12.6. The molecule has 0 atom stereocenters. The maximum atomic E-state index is 13.3. The van der Waals surface area contributed by atoms with Gasteiger partial charge in [0.05, 0.1) is 10.7 Å². The molecule has 104 valence electrons. The minimum absolute atomic E-state index is 0.0540. The number of aryl methyl sites for hydroxylation is 1. The SMILES string of the molecule is Cc1cc(F)cc(C(=O)Nc2c(Cl)cc(F)cc2Br)c1. The molecule has 2 aromatic rings. The van der Waals surface area contributed by atoms with Crippen LogP contribution in [0.4, 0.5) is 14.5 Å². The number of carbonyl (C=O) groups is 1. The molecule has 2 aromatic carbocycles. The average molecular weight is 361 g/mol. The zero-order chi connectivity index (χ0) is 14.9. The highest BCUT2D eigenvalue weighted by Crippen LogP contribution is 2.32. The highest BCUT2D eigenvalue weighted by atomic mass is 79.9. The second kappa shape index (κ2) is 5.89. The first-order valence-corrected chi connectivity index (χ1v) is 6.77. The highest BCUT2D eigenvalue weighted by molar-refractivity contribution is 9.10. The first-order chi connectivity index (χ1) is 9.36. The Bertz CT molecular complexity index is 648. The first kappa shape index (κ1) is 14.9. The summed E-state index contributed by atoms with van der Waals surface area (Å²) in [5, 5.41) is 2.58. The van der Waals surface area contributed by atoms with Gasteiger partial charge in [-0.15, -0.1) is 0 Å². The Balaban J connectivity index is 2.32. The molecule has 1 amide bonds. The molecule has 0 bridgehead atoms. The van der Waals surface area contributed by atoms with Crippen molar-refractivity contribution in [2.45, 2.75) is 6.92 Å². The van der Waals surface area contributed by atoms with Gasteiger partial charge in [0, 0.05) is 10.0 Å². The van der Waals surface area contributed by atoms with Crippen molar-refractivity contribution in [3.05, 3.63) is 62.6 Å². The Kier molecular flexibility index (Phi) is 4.40. The van der Waals surface area contributed by atoms with E-state index in [-0.39, 0.29) is 16.3 Å². The average Bonchev–Trinajstić information content (AvgIpc) is 2.32. The van der Waals surface area contributed by atoms with Gasteiger partial charge in [-0.3, -0.25) is 4.79 Å². The van der Waals surface area contributed by atoms with Crippen LogP contribution in [-0.2, 0) is 0 Å². The number of carbonyl (C=O) groups excluding carboxylic acids is 1. The largest absolute Gasteiger partial charge is 0.320 e. The quantitative estimate of drug-likeness (QED) is 0.807. The summed E-state index contributed by atoms with van der Waals surface area (Å²) in [6.45, 7) is 1.68. The van der Waals surface area contributed by atoms with Crippen LogP contribution >= 0.6 is 27.5 Å². The van der Waals surface area contributed by atoms with Gasteiger partial charge in [-0.25, -0.2) is 8.78 Å². The Labute approximate surface area is 127 Å². The molecule has 0 saturated carbocycles. The molecule has 2 rings (SSSR count). The number of halogens is 4. The van der Waals surface area contributed by atoms with E-state index in [9.17, 15) is 13.6 Å². The maximum Gasteiger partial charge on any atom is 0.255 e. The number of hydrogen-bond acceptors (Lipinski definition) is 1. The van der Waals surface area contributed by atoms with Crippen molar-refractivity contribution in [1.29, 1.82) is 0 Å². The van der Waals surface area contributed by atoms with Crippen molar-refractivity contribution >= 4 is 39.1 Å². The Morgan fingerprint density at radius 1 is 1.15 bits per heavy atom. The molecular formula is C14H9BrClF2NO. The van der Waals surface area contributed by atoms with Gasteiger partial charge in [0.25, 0.3) is 5.91 Å². The fraction of sp³-hybridized carbons (Fsp3) is 0.0714. The fourth-order valence-corrected chi connectivity index (χ4v) is 2.61.